The van der Waals surface area contributed by atoms with Crippen molar-refractivity contribution < 1.29 is 0 Å². The molecule has 0 radical (unpaired) electrons. The fourth-order valence-corrected chi connectivity index (χ4v) is 3.91. The molecule has 0 unspecified atom stereocenters. The van der Waals surface area contributed by atoms with Gasteiger partial charge in [-0.2, -0.15) is 0 Å². The molecule has 1 aliphatic heterocycles. The molecule has 4 aromatic rings. The molecule has 1 N–H and O–H groups in total. The van der Waals surface area contributed by atoms with Crippen molar-refractivity contribution in [1.82, 2.24) is 34.8 Å². The third-order valence-electron chi connectivity index (χ3n) is 5.62. The maximum atomic E-state index is 4.78. The number of benzene rings is 1. The summed E-state index contributed by atoms with van der Waals surface area (Å²) < 4.78 is 1.93. The molecule has 3 aromatic heterocycles. The molecular weight excluding hydrogens is 390 g/mol. The summed E-state index contributed by atoms with van der Waals surface area (Å²) in [6, 6.07) is 8.03. The molecule has 9 heteroatoms. The molecule has 0 amide bonds. The van der Waals surface area contributed by atoms with Gasteiger partial charge in [-0.25, -0.2) is 19.6 Å². The second-order valence-corrected chi connectivity index (χ2v) is 8.55. The molecular formula is C22H27N9. The summed E-state index contributed by atoms with van der Waals surface area (Å²) in [5.41, 5.74) is 3.76. The van der Waals surface area contributed by atoms with Crippen molar-refractivity contribution >= 4 is 39.4 Å². The van der Waals surface area contributed by atoms with Crippen LogP contribution < -0.4 is 10.2 Å². The minimum absolute atomic E-state index is 0.461. The quantitative estimate of drug-likeness (QED) is 0.530. The van der Waals surface area contributed by atoms with Crippen LogP contribution in [0.5, 0.6) is 0 Å². The number of anilines is 3. The highest BCUT2D eigenvalue weighted by atomic mass is 15.4. The van der Waals surface area contributed by atoms with E-state index in [2.05, 4.69) is 62.4 Å². The summed E-state index contributed by atoms with van der Waals surface area (Å²) in [6.07, 6.45) is 3.74. The Morgan fingerprint density at radius 3 is 2.58 bits per heavy atom. The van der Waals surface area contributed by atoms with Crippen LogP contribution in [0.1, 0.15) is 13.8 Å². The zero-order valence-corrected chi connectivity index (χ0v) is 18.2. The van der Waals surface area contributed by atoms with Gasteiger partial charge in [0, 0.05) is 44.3 Å². The monoisotopic (exact) mass is 417 g/mol. The van der Waals surface area contributed by atoms with Crippen LogP contribution in [0.4, 0.5) is 17.5 Å². The van der Waals surface area contributed by atoms with Gasteiger partial charge < -0.3 is 15.1 Å². The number of fused-ring (bicyclic) bond motifs is 3. The normalized spacial score (nSPS) is 15.3. The minimum Gasteiger partial charge on any atom is -0.368 e. The zero-order valence-electron chi connectivity index (χ0n) is 18.2. The van der Waals surface area contributed by atoms with Crippen LogP contribution >= 0.6 is 0 Å². The van der Waals surface area contributed by atoms with Crippen LogP contribution in [0, 0.1) is 5.92 Å². The van der Waals surface area contributed by atoms with E-state index in [0.717, 1.165) is 66.2 Å². The van der Waals surface area contributed by atoms with Crippen LogP contribution in [-0.2, 0) is 6.54 Å². The first-order valence-electron chi connectivity index (χ1n) is 10.7. The second-order valence-electron chi connectivity index (χ2n) is 8.55. The first-order chi connectivity index (χ1) is 15.1. The smallest absolute Gasteiger partial charge is 0.228 e. The maximum absolute atomic E-state index is 4.78. The van der Waals surface area contributed by atoms with Crippen molar-refractivity contribution in [3.63, 3.8) is 0 Å². The van der Waals surface area contributed by atoms with E-state index < -0.39 is 0 Å². The van der Waals surface area contributed by atoms with Crippen LogP contribution in [0.2, 0.25) is 0 Å². The Labute approximate surface area is 181 Å². The predicted molar refractivity (Wildman–Crippen MR) is 123 cm³/mol. The predicted octanol–water partition coefficient (Wildman–Crippen LogP) is 2.92. The molecule has 1 aromatic carbocycles. The van der Waals surface area contributed by atoms with Crippen molar-refractivity contribution in [3.8, 4) is 0 Å². The third-order valence-corrected chi connectivity index (χ3v) is 5.62. The Morgan fingerprint density at radius 2 is 1.84 bits per heavy atom. The average molecular weight is 418 g/mol. The largest absolute Gasteiger partial charge is 0.368 e. The number of rotatable bonds is 5. The van der Waals surface area contributed by atoms with Crippen LogP contribution in [0.15, 0.2) is 36.7 Å². The van der Waals surface area contributed by atoms with E-state index in [0.29, 0.717) is 11.9 Å². The molecule has 0 spiro atoms. The standard InChI is InChI=1S/C22H27N9/c1-15(2)14-31-21-18(27-28-31)6-4-16-12-24-22(26-20(16)21)25-19-7-5-17(13-23-19)30-10-8-29(3)9-11-30/h4-7,12-13,15H,8-11,14H2,1-3H3,(H,23,24,25,26). The number of likely N-dealkylation sites (N-methyl/N-ethyl adjacent to an activating group) is 1. The fourth-order valence-electron chi connectivity index (χ4n) is 3.91. The van der Waals surface area contributed by atoms with E-state index in [1.54, 1.807) is 0 Å². The van der Waals surface area contributed by atoms with E-state index in [9.17, 15) is 0 Å². The van der Waals surface area contributed by atoms with Gasteiger partial charge in [-0.1, -0.05) is 19.1 Å². The van der Waals surface area contributed by atoms with Crippen LogP contribution in [0.3, 0.4) is 0 Å². The van der Waals surface area contributed by atoms with Crippen LogP contribution in [0.25, 0.3) is 21.9 Å². The van der Waals surface area contributed by atoms with Gasteiger partial charge in [-0.15, -0.1) is 5.10 Å². The van der Waals surface area contributed by atoms with Crippen molar-refractivity contribution in [2.45, 2.75) is 20.4 Å². The lowest BCUT2D eigenvalue weighted by Crippen LogP contribution is -2.44. The molecule has 0 aliphatic carbocycles. The molecule has 1 aliphatic rings. The van der Waals surface area contributed by atoms with E-state index >= 15 is 0 Å². The van der Waals surface area contributed by atoms with Gasteiger partial charge in [0.05, 0.1) is 11.9 Å². The van der Waals surface area contributed by atoms with E-state index in [4.69, 9.17) is 4.98 Å². The van der Waals surface area contributed by atoms with Gasteiger partial charge in [0.25, 0.3) is 0 Å². The molecule has 4 heterocycles. The topological polar surface area (TPSA) is 87.9 Å². The highest BCUT2D eigenvalue weighted by molar-refractivity contribution is 6.01. The van der Waals surface area contributed by atoms with Gasteiger partial charge >= 0.3 is 0 Å². The van der Waals surface area contributed by atoms with Crippen molar-refractivity contribution in [3.05, 3.63) is 36.7 Å². The molecule has 1 fully saturated rings. The number of hydrogen-bond donors (Lipinski definition) is 1. The third kappa shape index (κ3) is 4.00. The lowest BCUT2D eigenvalue weighted by Gasteiger charge is -2.33. The first kappa shape index (κ1) is 19.6. The lowest BCUT2D eigenvalue weighted by molar-refractivity contribution is 0.313. The summed E-state index contributed by atoms with van der Waals surface area (Å²) in [6.45, 7) is 9.30. The van der Waals surface area contributed by atoms with Gasteiger partial charge in [-0.05, 0) is 37.2 Å². The maximum Gasteiger partial charge on any atom is 0.228 e. The summed E-state index contributed by atoms with van der Waals surface area (Å²) >= 11 is 0. The second kappa shape index (κ2) is 8.07. The number of nitrogens with zero attached hydrogens (tertiary/aromatic N) is 8. The van der Waals surface area contributed by atoms with Gasteiger partial charge in [0.2, 0.25) is 5.95 Å². The number of aromatic nitrogens is 6. The SMILES string of the molecule is CC(C)Cn1nnc2ccc3cnc(Nc4ccc(N5CCN(C)CC5)cn4)nc3c21. The Bertz CT molecular complexity index is 1190. The summed E-state index contributed by atoms with van der Waals surface area (Å²) in [5, 5.41) is 12.8. The van der Waals surface area contributed by atoms with Gasteiger partial charge in [0.1, 0.15) is 22.4 Å². The number of hydrogen-bond acceptors (Lipinski definition) is 8. The molecule has 1 saturated heterocycles. The summed E-state index contributed by atoms with van der Waals surface area (Å²) in [7, 11) is 2.16. The fraction of sp³-hybridized carbons (Fsp3) is 0.409. The molecule has 0 saturated carbocycles. The van der Waals surface area contributed by atoms with Crippen molar-refractivity contribution in [1.29, 1.82) is 0 Å². The Hall–Kier alpha value is -3.33. The molecule has 9 nitrogen and oxygen atoms in total. The molecule has 31 heavy (non-hydrogen) atoms. The molecule has 5 rings (SSSR count). The first-order valence-corrected chi connectivity index (χ1v) is 10.7. The Kier molecular flexibility index (Phi) is 5.11. The van der Waals surface area contributed by atoms with Gasteiger partial charge in [0.15, 0.2) is 0 Å². The van der Waals surface area contributed by atoms with Gasteiger partial charge in [-0.3, -0.25) is 0 Å². The molecule has 0 bridgehead atoms. The van der Waals surface area contributed by atoms with E-state index in [1.165, 1.54) is 0 Å². The van der Waals surface area contributed by atoms with E-state index in [-0.39, 0.29) is 0 Å². The highest BCUT2D eigenvalue weighted by Gasteiger charge is 2.15. The summed E-state index contributed by atoms with van der Waals surface area (Å²) in [4.78, 5) is 18.5. The lowest BCUT2D eigenvalue weighted by atomic mass is 10.2. The Morgan fingerprint density at radius 1 is 1.00 bits per heavy atom. The van der Waals surface area contributed by atoms with Crippen molar-refractivity contribution in [2.75, 3.05) is 43.4 Å². The zero-order chi connectivity index (χ0) is 21.4. The highest BCUT2D eigenvalue weighted by Crippen LogP contribution is 2.24. The number of pyridine rings is 1. The van der Waals surface area contributed by atoms with Crippen LogP contribution in [-0.4, -0.2) is 68.1 Å². The van der Waals surface area contributed by atoms with E-state index in [1.807, 2.05) is 35.3 Å². The molecule has 0 atom stereocenters. The summed E-state index contributed by atoms with van der Waals surface area (Å²) in [5.74, 6) is 1.69. The number of nitrogens with one attached hydrogen (secondary N) is 1. The average Bonchev–Trinajstić information content (AvgIpc) is 3.17. The van der Waals surface area contributed by atoms with Crippen molar-refractivity contribution in [2.24, 2.45) is 5.92 Å². The molecule has 160 valence electrons. The minimum atomic E-state index is 0.461. The Balaban J connectivity index is 1.41. The number of piperazine rings is 1.